The quantitative estimate of drug-likeness (QED) is 0.171. The van der Waals surface area contributed by atoms with Gasteiger partial charge in [0, 0.05) is 69.4 Å². The molecule has 0 saturated heterocycles. The van der Waals surface area contributed by atoms with Gasteiger partial charge in [0.2, 0.25) is 21.9 Å². The van der Waals surface area contributed by atoms with Gasteiger partial charge in [-0.3, -0.25) is 4.31 Å². The summed E-state index contributed by atoms with van der Waals surface area (Å²) in [5.74, 6) is -2.50. The number of fused-ring (bicyclic) bond motifs is 2. The van der Waals surface area contributed by atoms with Crippen LogP contribution in [0.2, 0.25) is 0 Å². The van der Waals surface area contributed by atoms with E-state index in [9.17, 15) is 26.0 Å². The molecule has 1 N–H and O–H groups in total. The number of aromatic nitrogens is 4. The van der Waals surface area contributed by atoms with Crippen LogP contribution in [0, 0.1) is 11.8 Å². The molecule has 2 aliphatic rings. The van der Waals surface area contributed by atoms with Gasteiger partial charge in [0.15, 0.2) is 0 Å². The van der Waals surface area contributed by atoms with Gasteiger partial charge in [-0.25, -0.2) is 35.9 Å². The van der Waals surface area contributed by atoms with Gasteiger partial charge in [-0.05, 0) is 80.3 Å². The molecule has 0 unspecified atom stereocenters. The second-order valence-electron chi connectivity index (χ2n) is 17.6. The third kappa shape index (κ3) is 9.71. The Balaban J connectivity index is 0.000000213. The van der Waals surface area contributed by atoms with Crippen LogP contribution in [0.25, 0.3) is 22.1 Å². The van der Waals surface area contributed by atoms with Gasteiger partial charge in [0.25, 0.3) is 0 Å². The van der Waals surface area contributed by atoms with Crippen LogP contribution in [0.3, 0.4) is 0 Å². The molecule has 54 heavy (non-hydrogen) atoms. The average Bonchev–Trinajstić information content (AvgIpc) is 3.64. The molecule has 4 aromatic rings. The molecule has 13 heteroatoms. The van der Waals surface area contributed by atoms with Gasteiger partial charge < -0.3 is 14.5 Å². The highest BCUT2D eigenvalue weighted by molar-refractivity contribution is 7.92. The largest absolute Gasteiger partial charge is 0.388 e. The summed E-state index contributed by atoms with van der Waals surface area (Å²) in [7, 11) is 0.0896. The Hall–Kier alpha value is -3.35. The zero-order valence-corrected chi connectivity index (χ0v) is 34.4. The number of benzene rings is 2. The first-order valence-electron chi connectivity index (χ1n) is 19.4. The van der Waals surface area contributed by atoms with Crippen LogP contribution in [0.1, 0.15) is 118 Å². The maximum Gasteiger partial charge on any atom is 0.248 e. The first-order chi connectivity index (χ1) is 25.0. The van der Waals surface area contributed by atoms with E-state index in [0.29, 0.717) is 50.3 Å². The summed E-state index contributed by atoms with van der Waals surface area (Å²) in [4.78, 5) is 9.70. The van der Waals surface area contributed by atoms with Crippen molar-refractivity contribution in [1.82, 2.24) is 19.1 Å². The molecule has 2 aromatic heterocycles. The zero-order valence-electron chi connectivity index (χ0n) is 33.6. The Morgan fingerprint density at radius 1 is 0.759 bits per heavy atom. The highest BCUT2D eigenvalue weighted by Gasteiger charge is 2.37. The molecule has 0 atom stereocenters. The van der Waals surface area contributed by atoms with Gasteiger partial charge in [0.05, 0.1) is 33.5 Å². The number of anilines is 2. The van der Waals surface area contributed by atoms with E-state index >= 15 is 0 Å². The van der Waals surface area contributed by atoms with E-state index in [2.05, 4.69) is 68.1 Å². The summed E-state index contributed by atoms with van der Waals surface area (Å²) >= 11 is 0. The van der Waals surface area contributed by atoms with Gasteiger partial charge in [0.1, 0.15) is 11.6 Å². The summed E-state index contributed by atoms with van der Waals surface area (Å²) in [6.07, 6.45) is 2.66. The molecule has 2 fully saturated rings. The fourth-order valence-electron chi connectivity index (χ4n) is 7.75. The minimum Gasteiger partial charge on any atom is -0.388 e. The fraction of sp³-hybridized carbons (Fsp3) is 0.659. The molecule has 0 spiro atoms. The Labute approximate surface area is 319 Å². The SMILES string of the molecule is CCCS(=O)(=O)N(C)c1ccc2c(c1)nc(C(C)(C)C)n2CC1CCC(F)(F)CC1.CNc1ccc2c(c1)nc(C(C)(C)C)n2CC1CCC(F)(F)CC1. The van der Waals surface area contributed by atoms with Crippen molar-refractivity contribution in [3.05, 3.63) is 48.0 Å². The molecule has 0 aliphatic heterocycles. The lowest BCUT2D eigenvalue weighted by atomic mass is 9.86. The number of imidazole rings is 2. The van der Waals surface area contributed by atoms with E-state index in [1.807, 2.05) is 32.2 Å². The zero-order chi connectivity index (χ0) is 39.9. The maximum atomic E-state index is 13.6. The lowest BCUT2D eigenvalue weighted by Gasteiger charge is -2.30. The first-order valence-corrected chi connectivity index (χ1v) is 21.1. The van der Waals surface area contributed by atoms with Crippen molar-refractivity contribution in [2.75, 3.05) is 29.5 Å². The summed E-state index contributed by atoms with van der Waals surface area (Å²) in [6.45, 7) is 16.0. The summed E-state index contributed by atoms with van der Waals surface area (Å²) in [5.41, 5.74) is 5.02. The molecule has 0 bridgehead atoms. The Morgan fingerprint density at radius 2 is 1.19 bits per heavy atom. The number of nitrogens with zero attached hydrogens (tertiary/aromatic N) is 5. The van der Waals surface area contributed by atoms with Crippen molar-refractivity contribution in [3.8, 4) is 0 Å². The Bertz CT molecular complexity index is 2010. The number of rotatable bonds is 9. The number of alkyl halides is 4. The predicted octanol–water partition coefficient (Wildman–Crippen LogP) is 10.5. The Morgan fingerprint density at radius 3 is 1.59 bits per heavy atom. The standard InChI is InChI=1S/C22H33F2N3O2S.C19H27F2N3/c1-6-13-30(28,29)26(5)17-7-8-19-18(14-17)25-20(21(2,3)4)27(19)15-16-9-11-22(23,24)12-10-16;1-18(2,3)17-23-15-11-14(22-4)5-6-16(15)24(17)12-13-7-9-19(20,21)10-8-13/h7-8,14,16H,6,9-13,15H2,1-5H3;5-6,11,13,22H,7-10,12H2,1-4H3. The molecule has 6 rings (SSSR count). The normalized spacial score (nSPS) is 18.5. The fourth-order valence-corrected chi connectivity index (χ4v) is 8.98. The lowest BCUT2D eigenvalue weighted by Crippen LogP contribution is -2.28. The van der Waals surface area contributed by atoms with E-state index in [1.54, 1.807) is 13.1 Å². The number of nitrogens with one attached hydrogen (secondary N) is 1. The smallest absolute Gasteiger partial charge is 0.248 e. The molecule has 2 aromatic carbocycles. The van der Waals surface area contributed by atoms with Gasteiger partial charge in [-0.1, -0.05) is 48.5 Å². The van der Waals surface area contributed by atoms with Crippen molar-refractivity contribution >= 4 is 43.5 Å². The van der Waals surface area contributed by atoms with E-state index in [0.717, 1.165) is 45.9 Å². The predicted molar refractivity (Wildman–Crippen MR) is 213 cm³/mol. The second kappa shape index (κ2) is 15.7. The maximum absolute atomic E-state index is 13.6. The number of hydrogen-bond acceptors (Lipinski definition) is 5. The number of hydrogen-bond donors (Lipinski definition) is 1. The first kappa shape index (κ1) is 41.8. The molecule has 0 radical (unpaired) electrons. The molecule has 0 amide bonds. The molecule has 300 valence electrons. The molecule has 2 heterocycles. The van der Waals surface area contributed by atoms with E-state index < -0.39 is 21.9 Å². The third-order valence-electron chi connectivity index (χ3n) is 10.9. The van der Waals surface area contributed by atoms with Crippen molar-refractivity contribution in [2.24, 2.45) is 11.8 Å². The minimum atomic E-state index is -3.37. The van der Waals surface area contributed by atoms with Crippen LogP contribution >= 0.6 is 0 Å². The van der Waals surface area contributed by atoms with Gasteiger partial charge >= 0.3 is 0 Å². The van der Waals surface area contributed by atoms with Crippen LogP contribution in [0.4, 0.5) is 28.9 Å². The van der Waals surface area contributed by atoms with E-state index in [-0.39, 0.29) is 48.2 Å². The van der Waals surface area contributed by atoms with Crippen LogP contribution in [0.15, 0.2) is 36.4 Å². The lowest BCUT2D eigenvalue weighted by molar-refractivity contribution is -0.0478. The van der Waals surface area contributed by atoms with Crippen LogP contribution in [-0.4, -0.2) is 59.2 Å². The molecule has 2 aliphatic carbocycles. The van der Waals surface area contributed by atoms with Crippen LogP contribution < -0.4 is 9.62 Å². The minimum absolute atomic E-state index is 0.0129. The second-order valence-corrected chi connectivity index (χ2v) is 19.7. The van der Waals surface area contributed by atoms with Gasteiger partial charge in [-0.2, -0.15) is 0 Å². The van der Waals surface area contributed by atoms with Gasteiger partial charge in [-0.15, -0.1) is 0 Å². The van der Waals surface area contributed by atoms with E-state index in [4.69, 9.17) is 9.97 Å². The molecular weight excluding hydrogens is 717 g/mol. The third-order valence-corrected chi connectivity index (χ3v) is 12.9. The topological polar surface area (TPSA) is 85.1 Å². The highest BCUT2D eigenvalue weighted by atomic mass is 32.2. The number of halogens is 4. The van der Waals surface area contributed by atoms with Crippen LogP contribution in [0.5, 0.6) is 0 Å². The average molecular weight is 777 g/mol. The van der Waals surface area contributed by atoms with Crippen LogP contribution in [-0.2, 0) is 33.9 Å². The summed E-state index contributed by atoms with van der Waals surface area (Å²) in [5, 5.41) is 3.14. The molecular formula is C41H60F4N6O2S. The molecule has 2 saturated carbocycles. The highest BCUT2D eigenvalue weighted by Crippen LogP contribution is 2.40. The summed E-state index contributed by atoms with van der Waals surface area (Å²) in [6, 6.07) is 11.7. The van der Waals surface area contributed by atoms with Crippen molar-refractivity contribution < 1.29 is 26.0 Å². The summed E-state index contributed by atoms with van der Waals surface area (Å²) < 4.78 is 84.6. The monoisotopic (exact) mass is 776 g/mol. The number of sulfonamides is 1. The van der Waals surface area contributed by atoms with E-state index in [1.165, 1.54) is 4.31 Å². The Kier molecular flexibility index (Phi) is 12.1. The van der Waals surface area contributed by atoms with Crippen molar-refractivity contribution in [3.63, 3.8) is 0 Å². The van der Waals surface area contributed by atoms with Crippen molar-refractivity contribution in [2.45, 2.75) is 142 Å². The molecule has 8 nitrogen and oxygen atoms in total. The van der Waals surface area contributed by atoms with Crippen molar-refractivity contribution in [1.29, 1.82) is 0 Å².